The molecule has 3 aromatic rings. The summed E-state index contributed by atoms with van der Waals surface area (Å²) in [4.78, 5) is 35.2. The molecule has 1 aromatic carbocycles. The summed E-state index contributed by atoms with van der Waals surface area (Å²) in [5, 5.41) is 7.24. The maximum absolute atomic E-state index is 13.4. The Hall–Kier alpha value is -2.97. The fraction of sp³-hybridized carbons (Fsp3) is 0.348. The van der Waals surface area contributed by atoms with E-state index in [0.29, 0.717) is 16.4 Å². The molecule has 0 saturated carbocycles. The Labute approximate surface area is 190 Å². The van der Waals surface area contributed by atoms with Gasteiger partial charge in [-0.05, 0) is 55.8 Å². The first kappa shape index (κ1) is 22.2. The molecule has 4 rings (SSSR count). The van der Waals surface area contributed by atoms with E-state index in [1.165, 1.54) is 12.1 Å². The van der Waals surface area contributed by atoms with Crippen LogP contribution in [-0.2, 0) is 11.2 Å². The number of carbonyl (C=O) groups is 2. The smallest absolute Gasteiger partial charge is 0.268 e. The normalized spacial score (nSPS) is 15.5. The fourth-order valence-corrected chi connectivity index (χ4v) is 4.21. The zero-order chi connectivity index (χ0) is 22.7. The van der Waals surface area contributed by atoms with Gasteiger partial charge in [0.05, 0.1) is 11.7 Å². The second-order valence-electron chi connectivity index (χ2n) is 8.06. The van der Waals surface area contributed by atoms with E-state index in [-0.39, 0.29) is 24.2 Å². The molecule has 168 valence electrons. The molecule has 0 aliphatic carbocycles. The number of amides is 2. The van der Waals surface area contributed by atoms with Crippen LogP contribution < -0.4 is 10.6 Å². The van der Waals surface area contributed by atoms with E-state index >= 15 is 0 Å². The number of H-pyrrole nitrogens is 1. The molecule has 1 atom stereocenters. The first-order chi connectivity index (χ1) is 15.4. The number of likely N-dealkylation sites (N-methyl/N-ethyl adjacent to an activating group) is 1. The van der Waals surface area contributed by atoms with Crippen molar-refractivity contribution in [3.8, 4) is 0 Å². The van der Waals surface area contributed by atoms with E-state index in [2.05, 4.69) is 20.6 Å². The van der Waals surface area contributed by atoms with Gasteiger partial charge in [0.25, 0.3) is 5.91 Å². The van der Waals surface area contributed by atoms with Crippen molar-refractivity contribution in [3.63, 3.8) is 0 Å². The molecule has 1 fully saturated rings. The van der Waals surface area contributed by atoms with Crippen LogP contribution in [0.15, 0.2) is 42.6 Å². The van der Waals surface area contributed by atoms with Gasteiger partial charge in [0.1, 0.15) is 22.7 Å². The molecule has 0 unspecified atom stereocenters. The van der Waals surface area contributed by atoms with Crippen LogP contribution in [0.5, 0.6) is 0 Å². The van der Waals surface area contributed by atoms with Gasteiger partial charge in [0.2, 0.25) is 5.91 Å². The van der Waals surface area contributed by atoms with Crippen LogP contribution in [0.2, 0.25) is 5.15 Å². The van der Waals surface area contributed by atoms with Crippen molar-refractivity contribution in [2.75, 3.05) is 20.1 Å². The number of piperidine rings is 1. The Bertz CT molecular complexity index is 1110. The molecule has 32 heavy (non-hydrogen) atoms. The highest BCUT2D eigenvalue weighted by Crippen LogP contribution is 2.19. The zero-order valence-electron chi connectivity index (χ0n) is 17.7. The van der Waals surface area contributed by atoms with Gasteiger partial charge >= 0.3 is 0 Å². The predicted octanol–water partition coefficient (Wildman–Crippen LogP) is 2.91. The van der Waals surface area contributed by atoms with Gasteiger partial charge in [-0.2, -0.15) is 0 Å². The Morgan fingerprint density at radius 3 is 2.69 bits per heavy atom. The Morgan fingerprint density at radius 1 is 1.25 bits per heavy atom. The van der Waals surface area contributed by atoms with Crippen molar-refractivity contribution in [2.45, 2.75) is 31.3 Å². The average Bonchev–Trinajstić information content (AvgIpc) is 3.23. The van der Waals surface area contributed by atoms with Crippen molar-refractivity contribution < 1.29 is 14.0 Å². The Kier molecular flexibility index (Phi) is 6.72. The molecule has 2 amide bonds. The molecule has 3 heterocycles. The van der Waals surface area contributed by atoms with Crippen molar-refractivity contribution in [3.05, 3.63) is 64.8 Å². The van der Waals surface area contributed by atoms with Gasteiger partial charge in [0, 0.05) is 24.9 Å². The maximum Gasteiger partial charge on any atom is 0.268 e. The molecule has 1 saturated heterocycles. The SMILES string of the molecule is CN(C(=O)[C@H](Cc1ccc(F)cc1)NC(=O)c1cc2cc(Cl)ncc2[nH]1)C1CCNCC1. The van der Waals surface area contributed by atoms with E-state index in [9.17, 15) is 14.0 Å². The first-order valence-corrected chi connectivity index (χ1v) is 11.0. The monoisotopic (exact) mass is 457 g/mol. The van der Waals surface area contributed by atoms with Crippen molar-refractivity contribution in [2.24, 2.45) is 0 Å². The number of benzene rings is 1. The molecule has 0 radical (unpaired) electrons. The summed E-state index contributed by atoms with van der Waals surface area (Å²) >= 11 is 5.94. The molecule has 0 bridgehead atoms. The quantitative estimate of drug-likeness (QED) is 0.496. The summed E-state index contributed by atoms with van der Waals surface area (Å²) < 4.78 is 13.3. The van der Waals surface area contributed by atoms with Crippen LogP contribution >= 0.6 is 11.6 Å². The largest absolute Gasteiger partial charge is 0.349 e. The topological polar surface area (TPSA) is 90.1 Å². The Morgan fingerprint density at radius 2 is 1.97 bits per heavy atom. The van der Waals surface area contributed by atoms with Crippen LogP contribution in [0.1, 0.15) is 28.9 Å². The van der Waals surface area contributed by atoms with Gasteiger partial charge in [-0.3, -0.25) is 9.59 Å². The third kappa shape index (κ3) is 5.08. The highest BCUT2D eigenvalue weighted by Gasteiger charge is 2.30. The lowest BCUT2D eigenvalue weighted by Crippen LogP contribution is -2.53. The summed E-state index contributed by atoms with van der Waals surface area (Å²) in [6, 6.07) is 8.61. The summed E-state index contributed by atoms with van der Waals surface area (Å²) in [5.41, 5.74) is 1.75. The second-order valence-corrected chi connectivity index (χ2v) is 8.45. The van der Waals surface area contributed by atoms with E-state index in [1.807, 2.05) is 0 Å². The third-order valence-corrected chi connectivity index (χ3v) is 6.08. The first-order valence-electron chi connectivity index (χ1n) is 10.6. The van der Waals surface area contributed by atoms with E-state index in [4.69, 9.17) is 11.6 Å². The summed E-state index contributed by atoms with van der Waals surface area (Å²) in [6.07, 6.45) is 3.53. The highest BCUT2D eigenvalue weighted by atomic mass is 35.5. The Balaban J connectivity index is 1.55. The van der Waals surface area contributed by atoms with Crippen LogP contribution in [0, 0.1) is 5.82 Å². The molecule has 7 nitrogen and oxygen atoms in total. The average molecular weight is 458 g/mol. The molecule has 3 N–H and O–H groups in total. The zero-order valence-corrected chi connectivity index (χ0v) is 18.5. The number of nitrogens with zero attached hydrogens (tertiary/aromatic N) is 2. The van der Waals surface area contributed by atoms with Crippen molar-refractivity contribution in [1.82, 2.24) is 25.5 Å². The molecule has 1 aliphatic heterocycles. The molecule has 2 aromatic heterocycles. The van der Waals surface area contributed by atoms with Crippen LogP contribution in [0.3, 0.4) is 0 Å². The number of pyridine rings is 1. The molecule has 0 spiro atoms. The number of aromatic nitrogens is 2. The number of hydrogen-bond donors (Lipinski definition) is 3. The lowest BCUT2D eigenvalue weighted by atomic mass is 10.0. The van der Waals surface area contributed by atoms with Gasteiger partial charge < -0.3 is 20.5 Å². The van der Waals surface area contributed by atoms with Crippen LogP contribution in [0.4, 0.5) is 4.39 Å². The predicted molar refractivity (Wildman–Crippen MR) is 121 cm³/mol. The molecular formula is C23H25ClFN5O2. The summed E-state index contributed by atoms with van der Waals surface area (Å²) in [6.45, 7) is 1.70. The standard InChI is InChI=1S/C23H25ClFN5O2/c1-30(17-6-8-26-9-7-17)23(32)19(10-14-2-4-16(25)5-3-14)29-22(31)18-11-15-12-21(24)27-13-20(15)28-18/h2-5,11-13,17,19,26,28H,6-10H2,1H3,(H,29,31)/t19-/m0/s1. The minimum Gasteiger partial charge on any atom is -0.349 e. The molecular weight excluding hydrogens is 433 g/mol. The van der Waals surface area contributed by atoms with Gasteiger partial charge in [0.15, 0.2) is 0 Å². The van der Waals surface area contributed by atoms with E-state index < -0.39 is 11.9 Å². The lowest BCUT2D eigenvalue weighted by molar-refractivity contribution is -0.134. The second kappa shape index (κ2) is 9.67. The number of hydrogen-bond acceptors (Lipinski definition) is 4. The van der Waals surface area contributed by atoms with Gasteiger partial charge in [-0.1, -0.05) is 23.7 Å². The number of fused-ring (bicyclic) bond motifs is 1. The van der Waals surface area contributed by atoms with E-state index in [0.717, 1.165) is 36.9 Å². The van der Waals surface area contributed by atoms with Crippen LogP contribution in [0.25, 0.3) is 10.9 Å². The fourth-order valence-electron chi connectivity index (χ4n) is 4.04. The molecule has 9 heteroatoms. The summed E-state index contributed by atoms with van der Waals surface area (Å²) in [5.74, 6) is -0.926. The third-order valence-electron chi connectivity index (χ3n) is 5.88. The maximum atomic E-state index is 13.4. The lowest BCUT2D eigenvalue weighted by Gasteiger charge is -2.34. The number of aromatic amines is 1. The number of carbonyl (C=O) groups excluding carboxylic acids is 2. The highest BCUT2D eigenvalue weighted by molar-refractivity contribution is 6.30. The van der Waals surface area contributed by atoms with Gasteiger partial charge in [-0.15, -0.1) is 0 Å². The minimum absolute atomic E-state index is 0.109. The number of nitrogens with one attached hydrogen (secondary N) is 3. The van der Waals surface area contributed by atoms with Crippen molar-refractivity contribution >= 4 is 34.3 Å². The number of rotatable bonds is 6. The minimum atomic E-state index is -0.791. The molecule has 1 aliphatic rings. The van der Waals surface area contributed by atoms with E-state index in [1.54, 1.807) is 42.4 Å². The van der Waals surface area contributed by atoms with Gasteiger partial charge in [-0.25, -0.2) is 9.37 Å². The van der Waals surface area contributed by atoms with Crippen LogP contribution in [-0.4, -0.2) is 58.9 Å². The number of halogens is 2. The van der Waals surface area contributed by atoms with Crippen molar-refractivity contribution in [1.29, 1.82) is 0 Å². The summed E-state index contributed by atoms with van der Waals surface area (Å²) in [7, 11) is 1.78.